The minimum atomic E-state index is -0.694. The Morgan fingerprint density at radius 3 is 2.84 bits per heavy atom. The highest BCUT2D eigenvalue weighted by atomic mass is 35.5. The van der Waals surface area contributed by atoms with Crippen LogP contribution in [0.4, 0.5) is 4.39 Å². The van der Waals surface area contributed by atoms with Crippen LogP contribution in [0.2, 0.25) is 5.02 Å². The maximum atomic E-state index is 14.9. The van der Waals surface area contributed by atoms with Crippen molar-refractivity contribution in [1.29, 1.82) is 0 Å². The Balaban J connectivity index is 1.89. The highest BCUT2D eigenvalue weighted by molar-refractivity contribution is 6.30. The van der Waals surface area contributed by atoms with Crippen molar-refractivity contribution in [3.05, 3.63) is 57.0 Å². The van der Waals surface area contributed by atoms with Gasteiger partial charge in [-0.05, 0) is 51.0 Å². The summed E-state index contributed by atoms with van der Waals surface area (Å²) in [6.45, 7) is 4.10. The third-order valence-corrected chi connectivity index (χ3v) is 5.98. The lowest BCUT2D eigenvalue weighted by Crippen LogP contribution is -2.33. The lowest BCUT2D eigenvalue weighted by Gasteiger charge is -2.28. The molecule has 0 radical (unpaired) electrons. The van der Waals surface area contributed by atoms with Gasteiger partial charge in [0.15, 0.2) is 6.10 Å². The first-order valence-electron chi connectivity index (χ1n) is 10.4. The molecule has 0 unspecified atom stereocenters. The van der Waals surface area contributed by atoms with E-state index in [1.165, 1.54) is 16.7 Å². The third-order valence-electron chi connectivity index (χ3n) is 5.74. The maximum Gasteiger partial charge on any atom is 0.335 e. The van der Waals surface area contributed by atoms with Crippen molar-refractivity contribution >= 4 is 28.5 Å². The predicted octanol–water partition coefficient (Wildman–Crippen LogP) is 3.92. The fraction of sp³-hybridized carbons (Fsp3) is 0.391. The number of nitrogens with zero attached hydrogens (tertiary/aromatic N) is 3. The van der Waals surface area contributed by atoms with Gasteiger partial charge in [-0.3, -0.25) is 14.3 Å². The zero-order chi connectivity index (χ0) is 23.0. The summed E-state index contributed by atoms with van der Waals surface area (Å²) in [5, 5.41) is 0.479. The highest BCUT2D eigenvalue weighted by Gasteiger charge is 2.31. The molecule has 2 aromatic heterocycles. The minimum absolute atomic E-state index is 0.136. The van der Waals surface area contributed by atoms with Crippen molar-refractivity contribution in [3.63, 3.8) is 0 Å². The Morgan fingerprint density at radius 2 is 2.12 bits per heavy atom. The van der Waals surface area contributed by atoms with Gasteiger partial charge in [0.2, 0.25) is 0 Å². The number of aryl methyl sites for hydroxylation is 1. The van der Waals surface area contributed by atoms with Crippen molar-refractivity contribution in [2.45, 2.75) is 38.7 Å². The number of hydrogen-bond acceptors (Lipinski definition) is 6. The van der Waals surface area contributed by atoms with E-state index in [4.69, 9.17) is 26.1 Å². The molecule has 0 aliphatic carbocycles. The summed E-state index contributed by atoms with van der Waals surface area (Å²) in [6, 6.07) is 6.00. The van der Waals surface area contributed by atoms with E-state index >= 15 is 0 Å². The average Bonchev–Trinajstić information content (AvgIpc) is 2.77. The number of esters is 1. The SMILES string of the molecule is CCOC(=O)[C@@H]1C[C@H](c2cc3nc(C)n(C)c(=O)c3c(-c3ccc(Cl)cc3F)n2)CCO1. The van der Waals surface area contributed by atoms with Crippen LogP contribution in [0.1, 0.15) is 37.2 Å². The monoisotopic (exact) mass is 459 g/mol. The summed E-state index contributed by atoms with van der Waals surface area (Å²) in [6.07, 6.45) is 0.310. The standard InChI is InChI=1S/C23H23ClFN3O4/c1-4-31-23(30)19-9-13(7-8-32-19)17-11-18-20(22(29)28(3)12(2)26-18)21(27-17)15-6-5-14(24)10-16(15)25/h5-6,10-11,13,19H,4,7-9H2,1-3H3/t13-,19+/m1/s1. The first-order chi connectivity index (χ1) is 15.3. The quantitative estimate of drug-likeness (QED) is 0.550. The summed E-state index contributed by atoms with van der Waals surface area (Å²) in [5.41, 5.74) is 1.11. The second-order valence-corrected chi connectivity index (χ2v) is 8.21. The van der Waals surface area contributed by atoms with E-state index in [0.717, 1.165) is 0 Å². The second-order valence-electron chi connectivity index (χ2n) is 7.77. The first-order valence-corrected chi connectivity index (χ1v) is 10.8. The van der Waals surface area contributed by atoms with E-state index in [0.29, 0.717) is 36.5 Å². The zero-order valence-corrected chi connectivity index (χ0v) is 18.8. The number of pyridine rings is 1. The van der Waals surface area contributed by atoms with Gasteiger partial charge in [-0.15, -0.1) is 0 Å². The molecule has 1 fully saturated rings. The number of benzene rings is 1. The molecule has 1 aromatic carbocycles. The number of ether oxygens (including phenoxy) is 2. The van der Waals surface area contributed by atoms with E-state index in [2.05, 4.69) is 4.98 Å². The summed E-state index contributed by atoms with van der Waals surface area (Å²) in [7, 11) is 1.61. The van der Waals surface area contributed by atoms with Gasteiger partial charge in [0.25, 0.3) is 5.56 Å². The molecule has 3 heterocycles. The van der Waals surface area contributed by atoms with E-state index in [-0.39, 0.29) is 39.8 Å². The molecule has 0 N–H and O–H groups in total. The molecule has 0 bridgehead atoms. The van der Waals surface area contributed by atoms with Crippen molar-refractivity contribution in [2.24, 2.45) is 7.05 Å². The Kier molecular flexibility index (Phi) is 6.26. The summed E-state index contributed by atoms with van der Waals surface area (Å²) < 4.78 is 27.0. The van der Waals surface area contributed by atoms with Gasteiger partial charge in [0.1, 0.15) is 11.6 Å². The molecule has 7 nitrogen and oxygen atoms in total. The van der Waals surface area contributed by atoms with Crippen LogP contribution >= 0.6 is 11.6 Å². The molecule has 2 atom stereocenters. The average molecular weight is 460 g/mol. The van der Waals surface area contributed by atoms with Gasteiger partial charge in [-0.2, -0.15) is 0 Å². The van der Waals surface area contributed by atoms with Gasteiger partial charge in [0, 0.05) is 35.9 Å². The lowest BCUT2D eigenvalue weighted by molar-refractivity contribution is -0.160. The molecule has 1 aliphatic heterocycles. The van der Waals surface area contributed by atoms with E-state index in [1.54, 1.807) is 33.0 Å². The number of rotatable bonds is 4. The fourth-order valence-corrected chi connectivity index (χ4v) is 4.12. The predicted molar refractivity (Wildman–Crippen MR) is 118 cm³/mol. The van der Waals surface area contributed by atoms with Gasteiger partial charge < -0.3 is 9.47 Å². The molecule has 3 aromatic rings. The van der Waals surface area contributed by atoms with Crippen molar-refractivity contribution in [1.82, 2.24) is 14.5 Å². The number of carbonyl (C=O) groups excluding carboxylic acids is 1. The largest absolute Gasteiger partial charge is 0.464 e. The van der Waals surface area contributed by atoms with Crippen molar-refractivity contribution < 1.29 is 18.7 Å². The molecule has 0 amide bonds. The van der Waals surface area contributed by atoms with Crippen LogP contribution in [0.3, 0.4) is 0 Å². The van der Waals surface area contributed by atoms with E-state index in [1.807, 2.05) is 0 Å². The Morgan fingerprint density at radius 1 is 1.34 bits per heavy atom. The number of halogens is 2. The molecule has 1 aliphatic rings. The van der Waals surface area contributed by atoms with Crippen LogP contribution in [0.15, 0.2) is 29.1 Å². The molecular weight excluding hydrogens is 437 g/mol. The zero-order valence-electron chi connectivity index (χ0n) is 18.0. The van der Waals surface area contributed by atoms with Gasteiger partial charge in [-0.25, -0.2) is 14.2 Å². The normalized spacial score (nSPS) is 18.7. The molecule has 0 spiro atoms. The van der Waals surface area contributed by atoms with Gasteiger partial charge in [0.05, 0.1) is 23.2 Å². The molecule has 4 rings (SSSR count). The summed E-state index contributed by atoms with van der Waals surface area (Å²) >= 11 is 5.93. The smallest absolute Gasteiger partial charge is 0.335 e. The van der Waals surface area contributed by atoms with Crippen LogP contribution in [-0.4, -0.2) is 39.8 Å². The molecule has 32 heavy (non-hydrogen) atoms. The number of aromatic nitrogens is 3. The highest BCUT2D eigenvalue weighted by Crippen LogP contribution is 2.34. The number of carbonyl (C=O) groups is 1. The maximum absolute atomic E-state index is 14.9. The first kappa shape index (κ1) is 22.4. The van der Waals surface area contributed by atoms with E-state index in [9.17, 15) is 14.0 Å². The molecule has 9 heteroatoms. The fourth-order valence-electron chi connectivity index (χ4n) is 3.96. The summed E-state index contributed by atoms with van der Waals surface area (Å²) in [5.74, 6) is -0.603. The Bertz CT molecular complexity index is 1260. The van der Waals surface area contributed by atoms with Gasteiger partial charge >= 0.3 is 5.97 Å². The van der Waals surface area contributed by atoms with E-state index < -0.39 is 17.9 Å². The topological polar surface area (TPSA) is 83.3 Å². The third kappa shape index (κ3) is 4.12. The van der Waals surface area contributed by atoms with Crippen molar-refractivity contribution in [2.75, 3.05) is 13.2 Å². The molecule has 168 valence electrons. The van der Waals surface area contributed by atoms with Gasteiger partial charge in [-0.1, -0.05) is 11.6 Å². The Hall–Kier alpha value is -2.84. The van der Waals surface area contributed by atoms with Crippen LogP contribution in [0, 0.1) is 12.7 Å². The number of hydrogen-bond donors (Lipinski definition) is 0. The molecule has 1 saturated heterocycles. The van der Waals surface area contributed by atoms with Crippen LogP contribution in [0.5, 0.6) is 0 Å². The lowest BCUT2D eigenvalue weighted by atomic mass is 9.91. The van der Waals surface area contributed by atoms with Crippen LogP contribution in [-0.2, 0) is 21.3 Å². The summed E-state index contributed by atoms with van der Waals surface area (Å²) in [4.78, 5) is 34.5. The second kappa shape index (κ2) is 8.96. The number of fused-ring (bicyclic) bond motifs is 1. The van der Waals surface area contributed by atoms with Crippen molar-refractivity contribution in [3.8, 4) is 11.3 Å². The molecular formula is C23H23ClFN3O4. The van der Waals surface area contributed by atoms with Crippen LogP contribution in [0.25, 0.3) is 22.2 Å². The Labute approximate surface area is 189 Å². The minimum Gasteiger partial charge on any atom is -0.464 e. The van der Waals surface area contributed by atoms with Crippen LogP contribution < -0.4 is 5.56 Å². The molecule has 0 saturated carbocycles.